The van der Waals surface area contributed by atoms with Gasteiger partial charge in [0.05, 0.1) is 0 Å². The van der Waals surface area contributed by atoms with E-state index in [0.717, 1.165) is 12.1 Å². The molecule has 0 radical (unpaired) electrons. The molecule has 0 aliphatic rings. The topological polar surface area (TPSA) is 49.8 Å². The first kappa shape index (κ1) is 18.9. The maximum atomic E-state index is 13.2. The van der Waals surface area contributed by atoms with Crippen molar-refractivity contribution in [3.05, 3.63) is 65.2 Å². The van der Waals surface area contributed by atoms with Crippen LogP contribution in [0.4, 0.5) is 8.78 Å². The molecule has 6 heteroatoms. The molecule has 1 N–H and O–H groups in total. The second-order valence-electron chi connectivity index (χ2n) is 5.50. The quantitative estimate of drug-likeness (QED) is 0.831. The molecule has 4 nitrogen and oxygen atoms in total. The van der Waals surface area contributed by atoms with E-state index in [2.05, 4.69) is 0 Å². The van der Waals surface area contributed by atoms with E-state index in [1.165, 1.54) is 6.07 Å². The Morgan fingerprint density at radius 3 is 2.28 bits per heavy atom. The number of halogens is 2. The van der Waals surface area contributed by atoms with Gasteiger partial charge in [-0.3, -0.25) is 4.79 Å². The fourth-order valence-corrected chi connectivity index (χ4v) is 2.38. The van der Waals surface area contributed by atoms with Gasteiger partial charge in [0.2, 0.25) is 0 Å². The summed E-state index contributed by atoms with van der Waals surface area (Å²) in [5.74, 6) is -1.57. The molecule has 134 valence electrons. The van der Waals surface area contributed by atoms with E-state index in [4.69, 9.17) is 4.74 Å². The minimum absolute atomic E-state index is 0.0571. The van der Waals surface area contributed by atoms with Crippen molar-refractivity contribution in [2.75, 3.05) is 19.7 Å². The summed E-state index contributed by atoms with van der Waals surface area (Å²) in [6, 6.07) is 9.78. The lowest BCUT2D eigenvalue weighted by molar-refractivity contribution is 0.0772. The number of aliphatic hydroxyl groups excluding tert-OH is 1. The maximum Gasteiger partial charge on any atom is 0.253 e. The number of carbonyl (C=O) groups is 1. The highest BCUT2D eigenvalue weighted by Crippen LogP contribution is 2.19. The second-order valence-corrected chi connectivity index (χ2v) is 5.50. The number of carbonyl (C=O) groups excluding carboxylic acids is 1. The van der Waals surface area contributed by atoms with E-state index < -0.39 is 17.7 Å². The van der Waals surface area contributed by atoms with E-state index >= 15 is 0 Å². The fraction of sp³-hybridized carbons (Fsp3) is 0.316. The molecule has 0 aromatic heterocycles. The molecule has 1 atom stereocenters. The second kappa shape index (κ2) is 8.58. The van der Waals surface area contributed by atoms with Gasteiger partial charge in [-0.1, -0.05) is 6.07 Å². The summed E-state index contributed by atoms with van der Waals surface area (Å²) in [5, 5.41) is 10.0. The van der Waals surface area contributed by atoms with Gasteiger partial charge in [-0.2, -0.15) is 0 Å². The van der Waals surface area contributed by atoms with Crippen LogP contribution in [0.2, 0.25) is 0 Å². The molecule has 25 heavy (non-hydrogen) atoms. The summed E-state index contributed by atoms with van der Waals surface area (Å²) in [7, 11) is 0. The summed E-state index contributed by atoms with van der Waals surface area (Å²) in [5.41, 5.74) is 0.782. The zero-order valence-corrected chi connectivity index (χ0v) is 14.2. The molecular weight excluding hydrogens is 328 g/mol. The Balaban J connectivity index is 1.97. The number of nitrogens with zero attached hydrogens (tertiary/aromatic N) is 1. The van der Waals surface area contributed by atoms with Crippen LogP contribution in [0.3, 0.4) is 0 Å². The Morgan fingerprint density at radius 2 is 1.72 bits per heavy atom. The maximum absolute atomic E-state index is 13.2. The Kier molecular flexibility index (Phi) is 6.47. The average Bonchev–Trinajstić information content (AvgIpc) is 2.63. The Labute approximate surface area is 145 Å². The summed E-state index contributed by atoms with van der Waals surface area (Å²) < 4.78 is 31.5. The molecular formula is C19H21F2NO3. The van der Waals surface area contributed by atoms with Gasteiger partial charge in [0.25, 0.3) is 5.91 Å². The van der Waals surface area contributed by atoms with Crippen molar-refractivity contribution in [2.45, 2.75) is 20.0 Å². The minimum Gasteiger partial charge on any atom is -0.491 e. The number of aliphatic hydroxyl groups is 1. The summed E-state index contributed by atoms with van der Waals surface area (Å²) in [4.78, 5) is 13.9. The molecule has 2 aromatic rings. The van der Waals surface area contributed by atoms with Crippen molar-refractivity contribution in [2.24, 2.45) is 0 Å². The number of ether oxygens (including phenoxy) is 1. The molecule has 1 amide bonds. The third-order valence-electron chi connectivity index (χ3n) is 3.89. The van der Waals surface area contributed by atoms with Crippen LogP contribution in [-0.4, -0.2) is 35.6 Å². The molecule has 0 spiro atoms. The summed E-state index contributed by atoms with van der Waals surface area (Å²) >= 11 is 0. The first-order valence-corrected chi connectivity index (χ1v) is 8.11. The zero-order chi connectivity index (χ0) is 18.4. The molecule has 0 bridgehead atoms. The molecule has 0 fully saturated rings. The highest BCUT2D eigenvalue weighted by Gasteiger charge is 2.14. The molecule has 0 saturated heterocycles. The molecule has 0 aliphatic heterocycles. The van der Waals surface area contributed by atoms with Gasteiger partial charge in [-0.25, -0.2) is 8.78 Å². The molecule has 0 heterocycles. The SMILES string of the molecule is CCN(CC)C(=O)c1ccc(OCC(O)c2ccc(F)c(F)c2)cc1. The third-order valence-corrected chi connectivity index (χ3v) is 3.89. The highest BCUT2D eigenvalue weighted by atomic mass is 19.2. The van der Waals surface area contributed by atoms with Gasteiger partial charge < -0.3 is 14.7 Å². The van der Waals surface area contributed by atoms with Gasteiger partial charge in [0, 0.05) is 18.7 Å². The molecule has 2 aromatic carbocycles. The van der Waals surface area contributed by atoms with E-state index in [0.29, 0.717) is 24.4 Å². The van der Waals surface area contributed by atoms with Crippen molar-refractivity contribution in [3.63, 3.8) is 0 Å². The van der Waals surface area contributed by atoms with Gasteiger partial charge >= 0.3 is 0 Å². The van der Waals surface area contributed by atoms with Crippen LogP contribution >= 0.6 is 0 Å². The largest absolute Gasteiger partial charge is 0.491 e. The van der Waals surface area contributed by atoms with E-state index in [1.54, 1.807) is 29.2 Å². The fourth-order valence-electron chi connectivity index (χ4n) is 2.38. The number of amides is 1. The lowest BCUT2D eigenvalue weighted by atomic mass is 10.1. The third kappa shape index (κ3) is 4.76. The van der Waals surface area contributed by atoms with Crippen molar-refractivity contribution >= 4 is 5.91 Å². The molecule has 0 saturated carbocycles. The summed E-state index contributed by atoms with van der Waals surface area (Å²) in [6.07, 6.45) is -1.09. The molecule has 1 unspecified atom stereocenters. The minimum atomic E-state index is -1.09. The number of benzene rings is 2. The van der Waals surface area contributed by atoms with Crippen LogP contribution in [0.15, 0.2) is 42.5 Å². The van der Waals surface area contributed by atoms with Crippen LogP contribution in [0.1, 0.15) is 35.9 Å². The highest BCUT2D eigenvalue weighted by molar-refractivity contribution is 5.94. The number of hydrogen-bond acceptors (Lipinski definition) is 3. The first-order valence-electron chi connectivity index (χ1n) is 8.11. The predicted molar refractivity (Wildman–Crippen MR) is 90.5 cm³/mol. The normalized spacial score (nSPS) is 11.9. The van der Waals surface area contributed by atoms with Gasteiger partial charge in [-0.15, -0.1) is 0 Å². The standard InChI is InChI=1S/C19H21F2NO3/c1-3-22(4-2)19(24)13-5-8-15(9-6-13)25-12-18(23)14-7-10-16(20)17(21)11-14/h5-11,18,23H,3-4,12H2,1-2H3. The smallest absolute Gasteiger partial charge is 0.253 e. The zero-order valence-electron chi connectivity index (χ0n) is 14.2. The van der Waals surface area contributed by atoms with Crippen molar-refractivity contribution in [1.82, 2.24) is 4.90 Å². The van der Waals surface area contributed by atoms with E-state index in [-0.39, 0.29) is 18.1 Å². The molecule has 0 aliphatic carbocycles. The van der Waals surface area contributed by atoms with E-state index in [1.807, 2.05) is 13.8 Å². The van der Waals surface area contributed by atoms with Crippen molar-refractivity contribution in [1.29, 1.82) is 0 Å². The van der Waals surface area contributed by atoms with Crippen molar-refractivity contribution < 1.29 is 23.4 Å². The van der Waals surface area contributed by atoms with Gasteiger partial charge in [0.1, 0.15) is 18.5 Å². The van der Waals surface area contributed by atoms with Gasteiger partial charge in [-0.05, 0) is 55.8 Å². The van der Waals surface area contributed by atoms with Gasteiger partial charge in [0.15, 0.2) is 11.6 Å². The number of hydrogen-bond donors (Lipinski definition) is 1. The van der Waals surface area contributed by atoms with Crippen LogP contribution < -0.4 is 4.74 Å². The van der Waals surface area contributed by atoms with Crippen LogP contribution in [0, 0.1) is 11.6 Å². The first-order chi connectivity index (χ1) is 12.0. The number of rotatable bonds is 7. The lowest BCUT2D eigenvalue weighted by Crippen LogP contribution is -2.30. The van der Waals surface area contributed by atoms with Crippen LogP contribution in [0.25, 0.3) is 0 Å². The van der Waals surface area contributed by atoms with Crippen LogP contribution in [-0.2, 0) is 0 Å². The summed E-state index contributed by atoms with van der Waals surface area (Å²) in [6.45, 7) is 4.98. The molecule has 2 rings (SSSR count). The Bertz CT molecular complexity index is 715. The van der Waals surface area contributed by atoms with Crippen LogP contribution in [0.5, 0.6) is 5.75 Å². The average molecular weight is 349 g/mol. The Morgan fingerprint density at radius 1 is 1.08 bits per heavy atom. The van der Waals surface area contributed by atoms with E-state index in [9.17, 15) is 18.7 Å². The lowest BCUT2D eigenvalue weighted by Gasteiger charge is -2.18. The van der Waals surface area contributed by atoms with Crippen molar-refractivity contribution in [3.8, 4) is 5.75 Å². The Hall–Kier alpha value is -2.47. The monoisotopic (exact) mass is 349 g/mol. The predicted octanol–water partition coefficient (Wildman–Crippen LogP) is 3.56.